The van der Waals surface area contributed by atoms with Crippen molar-refractivity contribution < 1.29 is 4.42 Å². The van der Waals surface area contributed by atoms with Crippen LogP contribution in [0.3, 0.4) is 0 Å². The highest BCUT2D eigenvalue weighted by Gasteiger charge is 2.04. The summed E-state index contributed by atoms with van der Waals surface area (Å²) in [4.78, 5) is 4.39. The van der Waals surface area contributed by atoms with Crippen LogP contribution in [-0.2, 0) is 6.54 Å². The molecule has 6 nitrogen and oxygen atoms in total. The summed E-state index contributed by atoms with van der Waals surface area (Å²) in [6.07, 6.45) is 3.22. The molecule has 0 bridgehead atoms. The van der Waals surface area contributed by atoms with Crippen molar-refractivity contribution in [1.82, 2.24) is 15.2 Å². The number of aromatic nitrogens is 3. The Hall–Kier alpha value is -2.89. The van der Waals surface area contributed by atoms with E-state index in [2.05, 4.69) is 38.8 Å². The van der Waals surface area contributed by atoms with Crippen LogP contribution in [0.1, 0.15) is 16.9 Å². The van der Waals surface area contributed by atoms with Crippen LogP contribution in [0, 0.1) is 13.8 Å². The van der Waals surface area contributed by atoms with Gasteiger partial charge in [-0.3, -0.25) is 0 Å². The van der Waals surface area contributed by atoms with Gasteiger partial charge in [0.25, 0.3) is 0 Å². The third kappa shape index (κ3) is 3.41. The lowest BCUT2D eigenvalue weighted by molar-refractivity contribution is 0.517. The van der Waals surface area contributed by atoms with Gasteiger partial charge < -0.3 is 15.1 Å². The summed E-state index contributed by atoms with van der Waals surface area (Å²) in [5.41, 5.74) is 3.32. The van der Waals surface area contributed by atoms with Crippen LogP contribution in [0.4, 0.5) is 17.5 Å². The van der Waals surface area contributed by atoms with Crippen molar-refractivity contribution in [2.24, 2.45) is 0 Å². The fourth-order valence-corrected chi connectivity index (χ4v) is 2.11. The van der Waals surface area contributed by atoms with Crippen molar-refractivity contribution in [3.8, 4) is 0 Å². The third-order valence-electron chi connectivity index (χ3n) is 3.21. The SMILES string of the molecule is Cc1ccc(Nc2nncc(NCc3ccco3)n2)c(C)c1. The normalized spacial score (nSPS) is 10.5. The molecule has 0 spiro atoms. The van der Waals surface area contributed by atoms with E-state index in [4.69, 9.17) is 4.42 Å². The molecular weight excluding hydrogens is 278 g/mol. The third-order valence-corrected chi connectivity index (χ3v) is 3.21. The molecule has 0 saturated carbocycles. The molecule has 2 heterocycles. The minimum absolute atomic E-state index is 0.455. The number of anilines is 3. The number of aryl methyl sites for hydroxylation is 2. The maximum Gasteiger partial charge on any atom is 0.249 e. The molecule has 0 fully saturated rings. The van der Waals surface area contributed by atoms with Crippen LogP contribution in [-0.4, -0.2) is 15.2 Å². The smallest absolute Gasteiger partial charge is 0.249 e. The lowest BCUT2D eigenvalue weighted by Gasteiger charge is -2.09. The maximum atomic E-state index is 5.27. The number of rotatable bonds is 5. The quantitative estimate of drug-likeness (QED) is 0.751. The monoisotopic (exact) mass is 295 g/mol. The molecule has 6 heteroatoms. The molecule has 0 unspecified atom stereocenters. The van der Waals surface area contributed by atoms with Crippen molar-refractivity contribution >= 4 is 17.5 Å². The van der Waals surface area contributed by atoms with Gasteiger partial charge >= 0.3 is 0 Å². The summed E-state index contributed by atoms with van der Waals surface area (Å²) < 4.78 is 5.27. The molecule has 0 radical (unpaired) electrons. The van der Waals surface area contributed by atoms with Gasteiger partial charge in [-0.05, 0) is 37.6 Å². The Labute approximate surface area is 128 Å². The molecule has 0 aliphatic carbocycles. The highest BCUT2D eigenvalue weighted by Crippen LogP contribution is 2.19. The van der Waals surface area contributed by atoms with Crippen LogP contribution in [0.2, 0.25) is 0 Å². The standard InChI is InChI=1S/C16H17N5O/c1-11-5-6-14(12(2)8-11)19-16-20-15(10-18-21-16)17-9-13-4-3-7-22-13/h3-8,10H,9H2,1-2H3,(H2,17,19,20,21). The minimum atomic E-state index is 0.455. The molecule has 0 atom stereocenters. The summed E-state index contributed by atoms with van der Waals surface area (Å²) >= 11 is 0. The second-order valence-electron chi connectivity index (χ2n) is 5.04. The van der Waals surface area contributed by atoms with E-state index in [0.29, 0.717) is 18.3 Å². The average molecular weight is 295 g/mol. The Balaban J connectivity index is 1.70. The first-order valence-electron chi connectivity index (χ1n) is 7.01. The molecule has 22 heavy (non-hydrogen) atoms. The summed E-state index contributed by atoms with van der Waals surface area (Å²) in [5, 5.41) is 14.3. The number of hydrogen-bond donors (Lipinski definition) is 2. The molecule has 0 saturated heterocycles. The number of furan rings is 1. The van der Waals surface area contributed by atoms with E-state index in [1.165, 1.54) is 5.56 Å². The van der Waals surface area contributed by atoms with E-state index < -0.39 is 0 Å². The zero-order valence-electron chi connectivity index (χ0n) is 12.5. The van der Waals surface area contributed by atoms with Crippen molar-refractivity contribution in [3.63, 3.8) is 0 Å². The minimum Gasteiger partial charge on any atom is -0.467 e. The molecule has 0 aliphatic heterocycles. The lowest BCUT2D eigenvalue weighted by atomic mass is 10.1. The first-order chi connectivity index (χ1) is 10.7. The van der Waals surface area contributed by atoms with Crippen LogP contribution in [0.25, 0.3) is 0 Å². The number of benzene rings is 1. The molecule has 3 rings (SSSR count). The van der Waals surface area contributed by atoms with Crippen molar-refractivity contribution in [1.29, 1.82) is 0 Å². The Morgan fingerprint density at radius 1 is 1.18 bits per heavy atom. The summed E-state index contributed by atoms with van der Waals surface area (Å²) in [6, 6.07) is 9.91. The van der Waals surface area contributed by atoms with Crippen LogP contribution in [0.5, 0.6) is 0 Å². The predicted molar refractivity (Wildman–Crippen MR) is 85.1 cm³/mol. The van der Waals surface area contributed by atoms with Crippen molar-refractivity contribution in [2.45, 2.75) is 20.4 Å². The fourth-order valence-electron chi connectivity index (χ4n) is 2.11. The van der Waals surface area contributed by atoms with Gasteiger partial charge in [0.05, 0.1) is 19.0 Å². The highest BCUT2D eigenvalue weighted by molar-refractivity contribution is 5.59. The van der Waals surface area contributed by atoms with Gasteiger partial charge in [-0.25, -0.2) is 0 Å². The Morgan fingerprint density at radius 2 is 2.09 bits per heavy atom. The summed E-state index contributed by atoms with van der Waals surface area (Å²) in [6.45, 7) is 4.66. The first-order valence-corrected chi connectivity index (χ1v) is 7.01. The Bertz CT molecular complexity index is 755. The van der Waals surface area contributed by atoms with Crippen molar-refractivity contribution in [2.75, 3.05) is 10.6 Å². The van der Waals surface area contributed by atoms with Crippen LogP contribution < -0.4 is 10.6 Å². The fraction of sp³-hybridized carbons (Fsp3) is 0.188. The highest BCUT2D eigenvalue weighted by atomic mass is 16.3. The van der Waals surface area contributed by atoms with Gasteiger partial charge in [0.2, 0.25) is 5.95 Å². The molecule has 2 N–H and O–H groups in total. The first kappa shape index (κ1) is 14.1. The van der Waals surface area contributed by atoms with Gasteiger partial charge in [-0.15, -0.1) is 5.10 Å². The summed E-state index contributed by atoms with van der Waals surface area (Å²) in [5.74, 6) is 1.93. The van der Waals surface area contributed by atoms with Gasteiger partial charge in [-0.1, -0.05) is 17.7 Å². The zero-order valence-corrected chi connectivity index (χ0v) is 12.5. The van der Waals surface area contributed by atoms with Crippen molar-refractivity contribution in [3.05, 3.63) is 59.7 Å². The summed E-state index contributed by atoms with van der Waals surface area (Å²) in [7, 11) is 0. The lowest BCUT2D eigenvalue weighted by Crippen LogP contribution is -2.05. The van der Waals surface area contributed by atoms with E-state index in [-0.39, 0.29) is 0 Å². The second kappa shape index (κ2) is 6.26. The van der Waals surface area contributed by atoms with Gasteiger partial charge in [0.1, 0.15) is 5.76 Å². The number of hydrogen-bond acceptors (Lipinski definition) is 6. The van der Waals surface area contributed by atoms with Crippen LogP contribution >= 0.6 is 0 Å². The Kier molecular flexibility index (Phi) is 4.00. The number of nitrogens with one attached hydrogen (secondary N) is 2. The topological polar surface area (TPSA) is 75.9 Å². The molecule has 1 aromatic carbocycles. The maximum absolute atomic E-state index is 5.27. The molecule has 2 aromatic heterocycles. The van der Waals surface area contributed by atoms with Crippen LogP contribution in [0.15, 0.2) is 47.2 Å². The zero-order chi connectivity index (χ0) is 15.4. The van der Waals surface area contributed by atoms with Gasteiger partial charge in [0, 0.05) is 5.69 Å². The van der Waals surface area contributed by atoms with E-state index in [1.807, 2.05) is 31.2 Å². The largest absolute Gasteiger partial charge is 0.467 e. The van der Waals surface area contributed by atoms with Gasteiger partial charge in [0.15, 0.2) is 5.82 Å². The van der Waals surface area contributed by atoms with E-state index in [0.717, 1.165) is 17.0 Å². The second-order valence-corrected chi connectivity index (χ2v) is 5.04. The van der Waals surface area contributed by atoms with E-state index in [1.54, 1.807) is 12.5 Å². The predicted octanol–water partition coefficient (Wildman–Crippen LogP) is 3.44. The molecular formula is C16H17N5O. The number of nitrogens with zero attached hydrogens (tertiary/aromatic N) is 3. The molecule has 3 aromatic rings. The average Bonchev–Trinajstić information content (AvgIpc) is 3.02. The van der Waals surface area contributed by atoms with E-state index in [9.17, 15) is 0 Å². The molecule has 112 valence electrons. The molecule has 0 aliphatic rings. The van der Waals surface area contributed by atoms with E-state index >= 15 is 0 Å². The molecule has 0 amide bonds. The Morgan fingerprint density at radius 3 is 2.86 bits per heavy atom. The van der Waals surface area contributed by atoms with Gasteiger partial charge in [-0.2, -0.15) is 10.1 Å².